The Morgan fingerprint density at radius 3 is 2.74 bits per heavy atom. The van der Waals surface area contributed by atoms with E-state index in [1.165, 1.54) is 17.5 Å². The predicted octanol–water partition coefficient (Wildman–Crippen LogP) is 3.44. The number of aliphatic imine (C=N–C) groups is 1. The maximum atomic E-state index is 5.08. The molecule has 1 aliphatic rings. The van der Waals surface area contributed by atoms with Crippen LogP contribution in [0.5, 0.6) is 0 Å². The molecule has 0 bridgehead atoms. The number of methoxy groups -OCH3 is 1. The van der Waals surface area contributed by atoms with Crippen molar-refractivity contribution in [3.05, 3.63) is 35.4 Å². The highest BCUT2D eigenvalue weighted by atomic mass is 127. The Morgan fingerprint density at radius 1 is 1.22 bits per heavy atom. The van der Waals surface area contributed by atoms with E-state index >= 15 is 0 Å². The fourth-order valence-corrected chi connectivity index (χ4v) is 2.82. The summed E-state index contributed by atoms with van der Waals surface area (Å²) in [5.41, 5.74) is 2.91. The average molecular weight is 431 g/mol. The first-order valence-electron chi connectivity index (χ1n) is 8.44. The second-order valence-electron chi connectivity index (χ2n) is 5.73. The standard InChI is InChI=1S/C18H29N3O.HI/c1-3-19-18(20-12-7-4-8-14-22-2)21-13-11-16-9-5-6-10-17(16)15-21;/h5-6,9-10H,3-4,7-8,11-15H2,1-2H3,(H,19,20);1H. The molecule has 4 nitrogen and oxygen atoms in total. The van der Waals surface area contributed by atoms with Crippen molar-refractivity contribution >= 4 is 29.9 Å². The number of halogens is 1. The van der Waals surface area contributed by atoms with E-state index in [1.807, 2.05) is 0 Å². The first-order valence-corrected chi connectivity index (χ1v) is 8.44. The summed E-state index contributed by atoms with van der Waals surface area (Å²) in [7, 11) is 1.76. The summed E-state index contributed by atoms with van der Waals surface area (Å²) in [5, 5.41) is 3.44. The largest absolute Gasteiger partial charge is 0.385 e. The van der Waals surface area contributed by atoms with Crippen LogP contribution in [0.25, 0.3) is 0 Å². The Hall–Kier alpha value is -0.820. The Morgan fingerprint density at radius 2 is 2.00 bits per heavy atom. The number of nitrogens with one attached hydrogen (secondary N) is 1. The normalized spacial score (nSPS) is 14.2. The van der Waals surface area contributed by atoms with E-state index in [0.29, 0.717) is 0 Å². The van der Waals surface area contributed by atoms with Gasteiger partial charge in [-0.1, -0.05) is 24.3 Å². The average Bonchev–Trinajstić information content (AvgIpc) is 2.56. The molecule has 0 spiro atoms. The zero-order chi connectivity index (χ0) is 15.6. The minimum absolute atomic E-state index is 0. The monoisotopic (exact) mass is 431 g/mol. The molecule has 1 aromatic rings. The molecule has 0 aliphatic carbocycles. The van der Waals surface area contributed by atoms with E-state index in [1.54, 1.807) is 7.11 Å². The molecule has 0 atom stereocenters. The van der Waals surface area contributed by atoms with Crippen LogP contribution < -0.4 is 5.32 Å². The van der Waals surface area contributed by atoms with E-state index < -0.39 is 0 Å². The van der Waals surface area contributed by atoms with Crippen molar-refractivity contribution < 1.29 is 4.74 Å². The van der Waals surface area contributed by atoms with Crippen molar-refractivity contribution in [2.75, 3.05) is 33.4 Å². The molecule has 2 rings (SSSR count). The Bertz CT molecular complexity index is 479. The molecule has 0 aromatic heterocycles. The summed E-state index contributed by atoms with van der Waals surface area (Å²) in [6.45, 7) is 6.81. The van der Waals surface area contributed by atoms with Gasteiger partial charge in [0.25, 0.3) is 0 Å². The van der Waals surface area contributed by atoms with Gasteiger partial charge in [-0.2, -0.15) is 0 Å². The van der Waals surface area contributed by atoms with Crippen LogP contribution in [-0.2, 0) is 17.7 Å². The van der Waals surface area contributed by atoms with Gasteiger partial charge in [0.2, 0.25) is 0 Å². The second-order valence-corrected chi connectivity index (χ2v) is 5.73. The number of ether oxygens (including phenoxy) is 1. The fraction of sp³-hybridized carbons (Fsp3) is 0.611. The third-order valence-electron chi connectivity index (χ3n) is 4.03. The van der Waals surface area contributed by atoms with Crippen molar-refractivity contribution in [3.8, 4) is 0 Å². The molecule has 0 saturated carbocycles. The number of guanidine groups is 1. The minimum Gasteiger partial charge on any atom is -0.385 e. The molecule has 5 heteroatoms. The molecule has 0 fully saturated rings. The molecule has 0 saturated heterocycles. The van der Waals surface area contributed by atoms with Gasteiger partial charge in [-0.15, -0.1) is 24.0 Å². The number of hydrogen-bond donors (Lipinski definition) is 1. The number of nitrogens with zero attached hydrogens (tertiary/aromatic N) is 2. The van der Waals surface area contributed by atoms with Crippen molar-refractivity contribution in [1.82, 2.24) is 10.2 Å². The lowest BCUT2D eigenvalue weighted by Gasteiger charge is -2.31. The summed E-state index contributed by atoms with van der Waals surface area (Å²) >= 11 is 0. The van der Waals surface area contributed by atoms with Crippen molar-refractivity contribution in [3.63, 3.8) is 0 Å². The summed E-state index contributed by atoms with van der Waals surface area (Å²) in [5.74, 6) is 1.06. The van der Waals surface area contributed by atoms with E-state index in [0.717, 1.165) is 58.0 Å². The SMILES string of the molecule is CCNC(=NCCCCCOC)N1CCc2ccccc2C1.I. The van der Waals surface area contributed by atoms with Gasteiger partial charge in [0, 0.05) is 39.9 Å². The Labute approximate surface area is 157 Å². The van der Waals surface area contributed by atoms with Gasteiger partial charge < -0.3 is 15.0 Å². The number of unbranched alkanes of at least 4 members (excludes halogenated alkanes) is 2. The van der Waals surface area contributed by atoms with Crippen LogP contribution in [-0.4, -0.2) is 44.2 Å². The van der Waals surface area contributed by atoms with E-state index in [9.17, 15) is 0 Å². The Kier molecular flexibility index (Phi) is 10.3. The van der Waals surface area contributed by atoms with Crippen LogP contribution in [0.1, 0.15) is 37.3 Å². The maximum absolute atomic E-state index is 5.08. The number of rotatable bonds is 7. The Balaban J connectivity index is 0.00000264. The lowest BCUT2D eigenvalue weighted by Crippen LogP contribution is -2.44. The smallest absolute Gasteiger partial charge is 0.194 e. The number of benzene rings is 1. The van der Waals surface area contributed by atoms with Crippen molar-refractivity contribution in [2.45, 2.75) is 39.2 Å². The highest BCUT2D eigenvalue weighted by Crippen LogP contribution is 2.18. The molecular formula is C18H30IN3O. The molecule has 0 radical (unpaired) electrons. The van der Waals surface area contributed by atoms with Gasteiger partial charge in [0.05, 0.1) is 0 Å². The van der Waals surface area contributed by atoms with Gasteiger partial charge in [0.1, 0.15) is 0 Å². The van der Waals surface area contributed by atoms with Crippen molar-refractivity contribution in [2.24, 2.45) is 4.99 Å². The van der Waals surface area contributed by atoms with Crippen LogP contribution in [0.2, 0.25) is 0 Å². The van der Waals surface area contributed by atoms with Crippen LogP contribution in [0.4, 0.5) is 0 Å². The van der Waals surface area contributed by atoms with Crippen LogP contribution in [0.15, 0.2) is 29.3 Å². The molecule has 0 unspecified atom stereocenters. The molecule has 23 heavy (non-hydrogen) atoms. The highest BCUT2D eigenvalue weighted by molar-refractivity contribution is 14.0. The molecule has 0 amide bonds. The van der Waals surface area contributed by atoms with E-state index in [2.05, 4.69) is 41.4 Å². The zero-order valence-corrected chi connectivity index (χ0v) is 16.7. The molecule has 1 heterocycles. The number of fused-ring (bicyclic) bond motifs is 1. The fourth-order valence-electron chi connectivity index (χ4n) is 2.82. The van der Waals surface area contributed by atoms with Gasteiger partial charge in [-0.3, -0.25) is 4.99 Å². The third-order valence-corrected chi connectivity index (χ3v) is 4.03. The van der Waals surface area contributed by atoms with Gasteiger partial charge in [0.15, 0.2) is 5.96 Å². The summed E-state index contributed by atoms with van der Waals surface area (Å²) < 4.78 is 5.08. The third kappa shape index (κ3) is 6.67. The first-order chi connectivity index (χ1) is 10.8. The van der Waals surface area contributed by atoms with E-state index in [-0.39, 0.29) is 24.0 Å². The molecule has 130 valence electrons. The van der Waals surface area contributed by atoms with Crippen LogP contribution in [0.3, 0.4) is 0 Å². The summed E-state index contributed by atoms with van der Waals surface area (Å²) in [6, 6.07) is 8.73. The highest BCUT2D eigenvalue weighted by Gasteiger charge is 2.18. The molecule has 1 aromatic carbocycles. The molecule has 1 N–H and O–H groups in total. The summed E-state index contributed by atoms with van der Waals surface area (Å²) in [4.78, 5) is 7.17. The molecular weight excluding hydrogens is 401 g/mol. The van der Waals surface area contributed by atoms with Crippen molar-refractivity contribution in [1.29, 1.82) is 0 Å². The van der Waals surface area contributed by atoms with Crippen LogP contribution in [0, 0.1) is 0 Å². The predicted molar refractivity (Wildman–Crippen MR) is 108 cm³/mol. The summed E-state index contributed by atoms with van der Waals surface area (Å²) in [6.07, 6.45) is 4.54. The van der Waals surface area contributed by atoms with Gasteiger partial charge >= 0.3 is 0 Å². The quantitative estimate of drug-likeness (QED) is 0.311. The van der Waals surface area contributed by atoms with E-state index in [4.69, 9.17) is 9.73 Å². The lowest BCUT2D eigenvalue weighted by atomic mass is 10.0. The minimum atomic E-state index is 0. The first kappa shape index (κ1) is 20.2. The topological polar surface area (TPSA) is 36.9 Å². The second kappa shape index (κ2) is 11.7. The van der Waals surface area contributed by atoms with Gasteiger partial charge in [-0.05, 0) is 43.7 Å². The van der Waals surface area contributed by atoms with Gasteiger partial charge in [-0.25, -0.2) is 0 Å². The van der Waals surface area contributed by atoms with Crippen LogP contribution >= 0.6 is 24.0 Å². The lowest BCUT2D eigenvalue weighted by molar-refractivity contribution is 0.192. The molecule has 1 aliphatic heterocycles. The number of hydrogen-bond acceptors (Lipinski definition) is 2. The zero-order valence-electron chi connectivity index (χ0n) is 14.4. The maximum Gasteiger partial charge on any atom is 0.194 e.